The summed E-state index contributed by atoms with van der Waals surface area (Å²) in [6.45, 7) is 9.17. The van der Waals surface area contributed by atoms with Gasteiger partial charge in [-0.05, 0) is 57.1 Å². The van der Waals surface area contributed by atoms with Gasteiger partial charge in [-0.25, -0.2) is 9.97 Å². The lowest BCUT2D eigenvalue weighted by atomic mass is 9.76. The van der Waals surface area contributed by atoms with Crippen LogP contribution in [-0.2, 0) is 20.8 Å². The molecule has 4 rings (SSSR count). The number of amides is 1. The minimum absolute atomic E-state index is 0.00358. The quantitative estimate of drug-likeness (QED) is 0.363. The Morgan fingerprint density at radius 3 is 2.48 bits per heavy atom. The zero-order valence-electron chi connectivity index (χ0n) is 26.3. The molecule has 0 radical (unpaired) electrons. The van der Waals surface area contributed by atoms with Crippen LogP contribution in [0, 0.1) is 17.3 Å². The molecule has 42 heavy (non-hydrogen) atoms. The second-order valence-corrected chi connectivity index (χ2v) is 13.2. The van der Waals surface area contributed by atoms with Crippen molar-refractivity contribution >= 4 is 34.2 Å². The lowest BCUT2D eigenvalue weighted by Gasteiger charge is -2.35. The monoisotopic (exact) mass is 579 g/mol. The highest BCUT2D eigenvalue weighted by Crippen LogP contribution is 2.35. The summed E-state index contributed by atoms with van der Waals surface area (Å²) in [7, 11) is 3.34. The van der Waals surface area contributed by atoms with E-state index >= 15 is 0 Å². The fourth-order valence-electron chi connectivity index (χ4n) is 6.40. The third kappa shape index (κ3) is 7.46. The Morgan fingerprint density at radius 2 is 1.81 bits per heavy atom. The van der Waals surface area contributed by atoms with Crippen LogP contribution in [0.4, 0.5) is 5.82 Å². The van der Waals surface area contributed by atoms with Gasteiger partial charge >= 0.3 is 0 Å². The number of carbonyl (C=O) groups is 3. The number of ether oxygens (including phenoxy) is 1. The number of likely N-dealkylation sites (N-methyl/N-ethyl adjacent to an activating group) is 1. The maximum absolute atomic E-state index is 13.9. The van der Waals surface area contributed by atoms with E-state index in [1.165, 1.54) is 32.1 Å². The molecule has 3 atom stereocenters. The van der Waals surface area contributed by atoms with Crippen LogP contribution in [-0.4, -0.2) is 71.7 Å². The Labute approximate surface area is 250 Å². The number of Topliss-reactive ketones (excluding diaryl/α,β-unsaturated/α-hetero) is 2. The second-order valence-electron chi connectivity index (χ2n) is 13.2. The van der Waals surface area contributed by atoms with Gasteiger partial charge in [-0.1, -0.05) is 40.0 Å². The van der Waals surface area contributed by atoms with Crippen LogP contribution in [0.3, 0.4) is 0 Å². The number of benzene rings is 1. The van der Waals surface area contributed by atoms with Crippen LogP contribution in [0.15, 0.2) is 18.5 Å². The Balaban J connectivity index is 1.54. The van der Waals surface area contributed by atoms with Gasteiger partial charge in [-0.3, -0.25) is 14.4 Å². The molecular weight excluding hydrogens is 530 g/mol. The van der Waals surface area contributed by atoms with E-state index in [1.54, 1.807) is 25.4 Å². The van der Waals surface area contributed by atoms with Gasteiger partial charge in [0.2, 0.25) is 5.91 Å². The standard InChI is InChI=1S/C33H49N5O4/c1-21(34-5)28(39)17-25(33(2,3)4)32(41)38-14-10-13-27(38)29(40)16-23-15-24-26(18-30(23)42-6)36-20-37-31(24)35-19-22-11-8-7-9-12-22/h15,18,20-22,25,27,34H,7-14,16-17,19H2,1-6H3,(H,35,36,37)/t21-,25+,27-/m0/s1. The molecule has 230 valence electrons. The van der Waals surface area contributed by atoms with Gasteiger partial charge in [-0.2, -0.15) is 0 Å². The van der Waals surface area contributed by atoms with E-state index in [1.807, 2.05) is 39.8 Å². The number of hydrogen-bond donors (Lipinski definition) is 2. The van der Waals surface area contributed by atoms with Gasteiger partial charge in [-0.15, -0.1) is 0 Å². The summed E-state index contributed by atoms with van der Waals surface area (Å²) in [6, 6.07) is 2.99. The molecule has 2 heterocycles. The summed E-state index contributed by atoms with van der Waals surface area (Å²) >= 11 is 0. The van der Waals surface area contributed by atoms with Crippen LogP contribution in [0.2, 0.25) is 0 Å². The Kier molecular flexibility index (Phi) is 10.6. The van der Waals surface area contributed by atoms with E-state index < -0.39 is 17.4 Å². The SMILES string of the molecule is CN[C@@H](C)C(=O)C[C@H](C(=O)N1CCC[C@H]1C(=O)Cc1cc2c(NCC3CCCCC3)ncnc2cc1OC)C(C)(C)C. The number of carbonyl (C=O) groups excluding carboxylic acids is 3. The molecule has 2 fully saturated rings. The fourth-order valence-corrected chi connectivity index (χ4v) is 6.40. The highest BCUT2D eigenvalue weighted by molar-refractivity contribution is 5.96. The van der Waals surface area contributed by atoms with Gasteiger partial charge in [0.05, 0.1) is 24.7 Å². The van der Waals surface area contributed by atoms with Crippen molar-refractivity contribution in [3.05, 3.63) is 24.0 Å². The van der Waals surface area contributed by atoms with Crippen molar-refractivity contribution in [3.63, 3.8) is 0 Å². The first kappa shape index (κ1) is 31.9. The van der Waals surface area contributed by atoms with Crippen molar-refractivity contribution < 1.29 is 19.1 Å². The molecule has 0 spiro atoms. The summed E-state index contributed by atoms with van der Waals surface area (Å²) in [6.07, 6.45) is 9.58. The topological polar surface area (TPSA) is 114 Å². The largest absolute Gasteiger partial charge is 0.496 e. The first-order valence-corrected chi connectivity index (χ1v) is 15.6. The number of nitrogens with one attached hydrogen (secondary N) is 2. The minimum atomic E-state index is -0.518. The molecule has 1 saturated carbocycles. The maximum Gasteiger partial charge on any atom is 0.227 e. The van der Waals surface area contributed by atoms with E-state index in [9.17, 15) is 14.4 Å². The van der Waals surface area contributed by atoms with Gasteiger partial charge < -0.3 is 20.3 Å². The first-order valence-electron chi connectivity index (χ1n) is 15.6. The minimum Gasteiger partial charge on any atom is -0.496 e. The molecule has 2 aromatic rings. The average molecular weight is 580 g/mol. The van der Waals surface area contributed by atoms with E-state index in [-0.39, 0.29) is 36.4 Å². The molecule has 1 saturated heterocycles. The third-order valence-electron chi connectivity index (χ3n) is 9.26. The number of hydrogen-bond acceptors (Lipinski definition) is 8. The number of likely N-dealkylation sites (tertiary alicyclic amines) is 1. The number of rotatable bonds is 12. The molecule has 1 aromatic carbocycles. The molecule has 1 aliphatic heterocycles. The molecule has 1 aliphatic carbocycles. The number of methoxy groups -OCH3 is 1. The molecule has 2 N–H and O–H groups in total. The highest BCUT2D eigenvalue weighted by Gasteiger charge is 2.42. The summed E-state index contributed by atoms with van der Waals surface area (Å²) in [4.78, 5) is 51.3. The van der Waals surface area contributed by atoms with E-state index in [4.69, 9.17) is 4.74 Å². The van der Waals surface area contributed by atoms with Crippen LogP contribution in [0.25, 0.3) is 10.9 Å². The van der Waals surface area contributed by atoms with Gasteiger partial charge in [0.15, 0.2) is 5.78 Å². The number of aromatic nitrogens is 2. The van der Waals surface area contributed by atoms with Crippen molar-refractivity contribution in [1.29, 1.82) is 0 Å². The molecule has 1 amide bonds. The number of ketones is 2. The summed E-state index contributed by atoms with van der Waals surface area (Å²) in [5.41, 5.74) is 1.10. The lowest BCUT2D eigenvalue weighted by molar-refractivity contribution is -0.145. The number of nitrogens with zero attached hydrogens (tertiary/aromatic N) is 3. The second kappa shape index (κ2) is 13.9. The predicted octanol–water partition coefficient (Wildman–Crippen LogP) is 4.96. The van der Waals surface area contributed by atoms with Crippen molar-refractivity contribution in [3.8, 4) is 5.75 Å². The molecule has 2 aliphatic rings. The normalized spacial score (nSPS) is 19.5. The maximum atomic E-state index is 13.9. The Morgan fingerprint density at radius 1 is 1.07 bits per heavy atom. The van der Waals surface area contributed by atoms with E-state index in [2.05, 4.69) is 20.6 Å². The Bertz CT molecular complexity index is 1270. The van der Waals surface area contributed by atoms with Crippen LogP contribution < -0.4 is 15.4 Å². The van der Waals surface area contributed by atoms with Crippen molar-refractivity contribution in [2.75, 3.05) is 32.6 Å². The zero-order valence-corrected chi connectivity index (χ0v) is 26.3. The molecular formula is C33H49N5O4. The average Bonchev–Trinajstić information content (AvgIpc) is 3.48. The molecule has 1 aromatic heterocycles. The van der Waals surface area contributed by atoms with Gasteiger partial charge in [0, 0.05) is 48.9 Å². The lowest BCUT2D eigenvalue weighted by Crippen LogP contribution is -2.48. The predicted molar refractivity (Wildman–Crippen MR) is 166 cm³/mol. The fraction of sp³-hybridized carbons (Fsp3) is 0.667. The molecule has 0 unspecified atom stereocenters. The Hall–Kier alpha value is -3.07. The van der Waals surface area contributed by atoms with Crippen LogP contribution in [0.5, 0.6) is 5.75 Å². The number of fused-ring (bicyclic) bond motifs is 1. The molecule has 0 bridgehead atoms. The highest BCUT2D eigenvalue weighted by atomic mass is 16.5. The van der Waals surface area contributed by atoms with Crippen LogP contribution >= 0.6 is 0 Å². The van der Waals surface area contributed by atoms with E-state index in [0.29, 0.717) is 24.6 Å². The summed E-state index contributed by atoms with van der Waals surface area (Å²) < 4.78 is 5.69. The van der Waals surface area contributed by atoms with Gasteiger partial charge in [0.25, 0.3) is 0 Å². The van der Waals surface area contributed by atoms with Crippen LogP contribution in [0.1, 0.15) is 84.6 Å². The van der Waals surface area contributed by atoms with E-state index in [0.717, 1.165) is 35.2 Å². The zero-order chi connectivity index (χ0) is 30.4. The number of anilines is 1. The third-order valence-corrected chi connectivity index (χ3v) is 9.26. The molecule has 9 heteroatoms. The smallest absolute Gasteiger partial charge is 0.227 e. The van der Waals surface area contributed by atoms with Gasteiger partial charge in [0.1, 0.15) is 23.7 Å². The van der Waals surface area contributed by atoms with Crippen molar-refractivity contribution in [1.82, 2.24) is 20.2 Å². The van der Waals surface area contributed by atoms with Crippen molar-refractivity contribution in [2.24, 2.45) is 17.3 Å². The molecule has 9 nitrogen and oxygen atoms in total. The van der Waals surface area contributed by atoms with Crippen molar-refractivity contribution in [2.45, 2.75) is 97.6 Å². The first-order chi connectivity index (χ1) is 20.0. The summed E-state index contributed by atoms with van der Waals surface area (Å²) in [5.74, 6) is 1.39. The summed E-state index contributed by atoms with van der Waals surface area (Å²) in [5, 5.41) is 7.39.